The summed E-state index contributed by atoms with van der Waals surface area (Å²) < 4.78 is 47.8. The Balaban J connectivity index is 1.51. The van der Waals surface area contributed by atoms with Crippen molar-refractivity contribution in [3.05, 3.63) is 48.4 Å². The van der Waals surface area contributed by atoms with Crippen LogP contribution in [-0.2, 0) is 19.6 Å². The molecule has 0 bridgehead atoms. The van der Waals surface area contributed by atoms with Crippen LogP contribution in [-0.4, -0.2) is 71.8 Å². The highest BCUT2D eigenvalue weighted by molar-refractivity contribution is 7.99. The largest absolute Gasteiger partial charge is 0.465 e. The van der Waals surface area contributed by atoms with Gasteiger partial charge >= 0.3 is 5.97 Å². The highest BCUT2D eigenvalue weighted by Crippen LogP contribution is 2.26. The summed E-state index contributed by atoms with van der Waals surface area (Å²) in [6.45, 7) is 3.57. The van der Waals surface area contributed by atoms with Crippen LogP contribution in [0.2, 0.25) is 0 Å². The molecule has 9 nitrogen and oxygen atoms in total. The van der Waals surface area contributed by atoms with Gasteiger partial charge in [0.15, 0.2) is 10.8 Å². The van der Waals surface area contributed by atoms with Gasteiger partial charge in [-0.3, -0.25) is 9.20 Å². The number of benzene rings is 1. The third-order valence-electron chi connectivity index (χ3n) is 5.04. The van der Waals surface area contributed by atoms with E-state index in [1.807, 2.05) is 4.90 Å². The maximum Gasteiger partial charge on any atom is 0.316 e. The number of ether oxygens (including phenoxy) is 1. The molecule has 0 saturated carbocycles. The minimum absolute atomic E-state index is 0.0525. The summed E-state index contributed by atoms with van der Waals surface area (Å²) in [4.78, 5) is 13.7. The number of esters is 1. The number of piperazine rings is 1. The third kappa shape index (κ3) is 4.57. The average molecular weight is 480 g/mol. The van der Waals surface area contributed by atoms with Crippen molar-refractivity contribution in [3.8, 4) is 0 Å². The van der Waals surface area contributed by atoms with Crippen molar-refractivity contribution in [1.82, 2.24) is 18.9 Å². The number of rotatable bonds is 7. The normalized spacial score (nSPS) is 15.2. The molecule has 0 spiro atoms. The van der Waals surface area contributed by atoms with E-state index >= 15 is 0 Å². The molecule has 0 N–H and O–H groups in total. The number of carbonyl (C=O) groups excluding carboxylic acids is 1. The maximum absolute atomic E-state index is 13.3. The number of halogens is 1. The summed E-state index contributed by atoms with van der Waals surface area (Å²) in [6.07, 6.45) is 1.66. The lowest BCUT2D eigenvalue weighted by atomic mass is 10.2. The molecule has 2 aromatic heterocycles. The van der Waals surface area contributed by atoms with E-state index in [0.717, 1.165) is 17.4 Å². The predicted octanol–water partition coefficient (Wildman–Crippen LogP) is 2.03. The topological polar surface area (TPSA) is 97.1 Å². The fourth-order valence-corrected chi connectivity index (χ4v) is 5.73. The number of anilines is 1. The molecule has 3 heterocycles. The molecule has 0 aliphatic carbocycles. The molecule has 3 aromatic rings. The van der Waals surface area contributed by atoms with Gasteiger partial charge in [-0.2, -0.15) is 4.31 Å². The monoisotopic (exact) mass is 479 g/mol. The van der Waals surface area contributed by atoms with E-state index in [1.54, 1.807) is 35.7 Å². The maximum atomic E-state index is 13.3. The molecule has 4 rings (SSSR count). The minimum Gasteiger partial charge on any atom is -0.465 e. The second-order valence-corrected chi connectivity index (χ2v) is 9.86. The summed E-state index contributed by atoms with van der Waals surface area (Å²) in [7, 11) is -3.81. The molecular formula is C20H22FN5O4S2. The Hall–Kier alpha value is -2.70. The molecule has 0 radical (unpaired) electrons. The van der Waals surface area contributed by atoms with Gasteiger partial charge in [-0.15, -0.1) is 10.2 Å². The van der Waals surface area contributed by atoms with E-state index in [2.05, 4.69) is 10.2 Å². The van der Waals surface area contributed by atoms with Gasteiger partial charge in [-0.05, 0) is 43.3 Å². The Morgan fingerprint density at radius 2 is 1.84 bits per heavy atom. The van der Waals surface area contributed by atoms with Crippen LogP contribution < -0.4 is 4.90 Å². The second kappa shape index (κ2) is 9.43. The molecule has 1 aliphatic rings. The number of aromatic nitrogens is 3. The molecule has 1 saturated heterocycles. The predicted molar refractivity (Wildman–Crippen MR) is 118 cm³/mol. The van der Waals surface area contributed by atoms with Gasteiger partial charge in [0.25, 0.3) is 0 Å². The number of hydrogen-bond donors (Lipinski definition) is 0. The zero-order chi connectivity index (χ0) is 22.7. The number of fused-ring (bicyclic) bond motifs is 1. The fraction of sp³-hybridized carbons (Fsp3) is 0.350. The van der Waals surface area contributed by atoms with Crippen molar-refractivity contribution in [2.45, 2.75) is 17.0 Å². The molecule has 1 fully saturated rings. The molecule has 170 valence electrons. The van der Waals surface area contributed by atoms with Crippen molar-refractivity contribution in [3.63, 3.8) is 0 Å². The van der Waals surface area contributed by atoms with Crippen molar-refractivity contribution in [2.24, 2.45) is 0 Å². The van der Waals surface area contributed by atoms with Crippen LogP contribution in [0.25, 0.3) is 5.65 Å². The average Bonchev–Trinajstić information content (AvgIpc) is 3.21. The van der Waals surface area contributed by atoms with Crippen LogP contribution >= 0.6 is 11.8 Å². The molecule has 12 heteroatoms. The first-order valence-corrected chi connectivity index (χ1v) is 12.5. The number of hydrogen-bond acceptors (Lipinski definition) is 8. The molecule has 0 atom stereocenters. The van der Waals surface area contributed by atoms with E-state index in [0.29, 0.717) is 31.3 Å². The highest BCUT2D eigenvalue weighted by atomic mass is 32.2. The SMILES string of the molecule is CCOC(=O)CSc1nnc2c(S(=O)(=O)N3CCN(c4ccc(F)cc4)CC3)cccn12. The van der Waals surface area contributed by atoms with Crippen LogP contribution in [0.5, 0.6) is 0 Å². The van der Waals surface area contributed by atoms with Crippen LogP contribution in [0.4, 0.5) is 10.1 Å². The smallest absolute Gasteiger partial charge is 0.316 e. The van der Waals surface area contributed by atoms with Gasteiger partial charge in [-0.1, -0.05) is 11.8 Å². The lowest BCUT2D eigenvalue weighted by molar-refractivity contribution is -0.139. The number of sulfonamides is 1. The third-order valence-corrected chi connectivity index (χ3v) is 7.88. The van der Waals surface area contributed by atoms with E-state index < -0.39 is 10.0 Å². The highest BCUT2D eigenvalue weighted by Gasteiger charge is 2.31. The Bertz CT molecular complexity index is 1210. The summed E-state index contributed by atoms with van der Waals surface area (Å²) in [5.41, 5.74) is 1.06. The fourth-order valence-electron chi connectivity index (χ4n) is 3.47. The lowest BCUT2D eigenvalue weighted by Gasteiger charge is -2.35. The van der Waals surface area contributed by atoms with E-state index in [9.17, 15) is 17.6 Å². The van der Waals surface area contributed by atoms with Crippen molar-refractivity contribution in [2.75, 3.05) is 43.4 Å². The molecular weight excluding hydrogens is 457 g/mol. The Morgan fingerprint density at radius 3 is 2.53 bits per heavy atom. The zero-order valence-corrected chi connectivity index (χ0v) is 19.0. The van der Waals surface area contributed by atoms with E-state index in [1.165, 1.54) is 22.5 Å². The number of thioether (sulfide) groups is 1. The zero-order valence-electron chi connectivity index (χ0n) is 17.3. The van der Waals surface area contributed by atoms with Crippen molar-refractivity contribution < 1.29 is 22.3 Å². The Morgan fingerprint density at radius 1 is 1.12 bits per heavy atom. The molecule has 1 aromatic carbocycles. The Labute approximate surface area is 189 Å². The first-order chi connectivity index (χ1) is 15.4. The van der Waals surface area contributed by atoms with Gasteiger partial charge in [0.1, 0.15) is 10.7 Å². The molecule has 0 amide bonds. The summed E-state index contributed by atoms with van der Waals surface area (Å²) in [5.74, 6) is -0.634. The molecule has 0 unspecified atom stereocenters. The standard InChI is InChI=1S/C20H22FN5O4S2/c1-2-30-18(27)14-31-20-23-22-19-17(4-3-9-26(19)20)32(28,29)25-12-10-24(11-13-25)16-7-5-15(21)6-8-16/h3-9H,2,10-14H2,1H3. The van der Waals surface area contributed by atoms with Crippen LogP contribution in [0.1, 0.15) is 6.92 Å². The molecule has 32 heavy (non-hydrogen) atoms. The minimum atomic E-state index is -3.81. The first kappa shape index (κ1) is 22.5. The molecule has 1 aliphatic heterocycles. The van der Waals surface area contributed by atoms with Crippen LogP contribution in [0.3, 0.4) is 0 Å². The van der Waals surface area contributed by atoms with Gasteiger partial charge in [0.05, 0.1) is 12.4 Å². The summed E-state index contributed by atoms with van der Waals surface area (Å²) in [5, 5.41) is 8.52. The second-order valence-electron chi connectivity index (χ2n) is 7.01. The van der Waals surface area contributed by atoms with Crippen LogP contribution in [0, 0.1) is 5.82 Å². The van der Waals surface area contributed by atoms with E-state index in [4.69, 9.17) is 4.74 Å². The van der Waals surface area contributed by atoms with Crippen molar-refractivity contribution >= 4 is 39.1 Å². The quantitative estimate of drug-likeness (QED) is 0.375. The van der Waals surface area contributed by atoms with Gasteiger partial charge in [0, 0.05) is 38.1 Å². The van der Waals surface area contributed by atoms with Crippen molar-refractivity contribution in [1.29, 1.82) is 0 Å². The van der Waals surface area contributed by atoms with Crippen LogP contribution in [0.15, 0.2) is 52.6 Å². The van der Waals surface area contributed by atoms with Gasteiger partial charge in [0.2, 0.25) is 10.0 Å². The first-order valence-electron chi connectivity index (χ1n) is 10.0. The number of carbonyl (C=O) groups is 1. The summed E-state index contributed by atoms with van der Waals surface area (Å²) in [6, 6.07) is 9.28. The lowest BCUT2D eigenvalue weighted by Crippen LogP contribution is -2.48. The number of pyridine rings is 1. The van der Waals surface area contributed by atoms with Gasteiger partial charge < -0.3 is 9.64 Å². The van der Waals surface area contributed by atoms with E-state index in [-0.39, 0.29) is 34.7 Å². The number of nitrogens with zero attached hydrogens (tertiary/aromatic N) is 5. The summed E-state index contributed by atoms with van der Waals surface area (Å²) >= 11 is 1.13. The van der Waals surface area contributed by atoms with Gasteiger partial charge in [-0.25, -0.2) is 12.8 Å². The Kier molecular flexibility index (Phi) is 6.63.